The van der Waals surface area contributed by atoms with E-state index in [4.69, 9.17) is 4.74 Å². The summed E-state index contributed by atoms with van der Waals surface area (Å²) in [5, 5.41) is 0. The van der Waals surface area contributed by atoms with Gasteiger partial charge in [-0.15, -0.1) is 0 Å². The molecule has 0 spiro atoms. The van der Waals surface area contributed by atoms with E-state index in [0.717, 1.165) is 0 Å². The van der Waals surface area contributed by atoms with Gasteiger partial charge in [-0.25, -0.2) is 4.79 Å². The minimum atomic E-state index is -0.519. The number of esters is 1. The standard InChI is InChI=1S/C12H16FNO3/c1-9(2)17-12(16)10-4-7-14(6-3-5-13)11(15)8-10/h4,7-9H,3,5-6H2,1-2H3. The van der Waals surface area contributed by atoms with Crippen LogP contribution >= 0.6 is 0 Å². The first-order valence-electron chi connectivity index (χ1n) is 5.52. The number of hydrogen-bond acceptors (Lipinski definition) is 3. The number of hydrogen-bond donors (Lipinski definition) is 0. The molecule has 0 N–H and O–H groups in total. The quantitative estimate of drug-likeness (QED) is 0.738. The van der Waals surface area contributed by atoms with E-state index in [2.05, 4.69) is 0 Å². The Kier molecular flexibility index (Phi) is 4.87. The van der Waals surface area contributed by atoms with Gasteiger partial charge in [0.25, 0.3) is 5.56 Å². The predicted octanol–water partition coefficient (Wildman–Crippen LogP) is 1.77. The molecule has 1 heterocycles. The number of ether oxygens (including phenoxy) is 1. The molecule has 0 bridgehead atoms. The Hall–Kier alpha value is -1.65. The molecular formula is C12H16FNO3. The van der Waals surface area contributed by atoms with E-state index in [1.807, 2.05) is 0 Å². The highest BCUT2D eigenvalue weighted by Gasteiger charge is 2.10. The predicted molar refractivity (Wildman–Crippen MR) is 61.8 cm³/mol. The Morgan fingerprint density at radius 2 is 2.24 bits per heavy atom. The second kappa shape index (κ2) is 6.18. The summed E-state index contributed by atoms with van der Waals surface area (Å²) in [7, 11) is 0. The van der Waals surface area contributed by atoms with Gasteiger partial charge in [0.05, 0.1) is 18.3 Å². The lowest BCUT2D eigenvalue weighted by Gasteiger charge is -2.08. The molecule has 94 valence electrons. The number of aromatic nitrogens is 1. The van der Waals surface area contributed by atoms with Crippen LogP contribution in [0.2, 0.25) is 0 Å². The lowest BCUT2D eigenvalue weighted by molar-refractivity contribution is 0.0377. The number of alkyl halides is 1. The third-order valence-corrected chi connectivity index (χ3v) is 2.11. The number of nitrogens with zero attached hydrogens (tertiary/aromatic N) is 1. The normalized spacial score (nSPS) is 10.6. The number of pyridine rings is 1. The molecule has 0 aliphatic heterocycles. The Bertz CT molecular complexity index is 440. The fourth-order valence-corrected chi connectivity index (χ4v) is 1.33. The van der Waals surface area contributed by atoms with Crippen LogP contribution in [0.5, 0.6) is 0 Å². The van der Waals surface area contributed by atoms with Crippen molar-refractivity contribution in [1.29, 1.82) is 0 Å². The van der Waals surface area contributed by atoms with Gasteiger partial charge in [-0.05, 0) is 26.3 Å². The van der Waals surface area contributed by atoms with Crippen LogP contribution in [0.25, 0.3) is 0 Å². The minimum Gasteiger partial charge on any atom is -0.459 e. The molecule has 17 heavy (non-hydrogen) atoms. The first-order chi connectivity index (χ1) is 8.04. The van der Waals surface area contributed by atoms with Crippen molar-refractivity contribution < 1.29 is 13.9 Å². The van der Waals surface area contributed by atoms with Gasteiger partial charge in [-0.3, -0.25) is 9.18 Å². The topological polar surface area (TPSA) is 48.3 Å². The van der Waals surface area contributed by atoms with Gasteiger partial charge in [0.15, 0.2) is 0 Å². The van der Waals surface area contributed by atoms with Crippen LogP contribution in [0.4, 0.5) is 4.39 Å². The van der Waals surface area contributed by atoms with E-state index in [1.54, 1.807) is 13.8 Å². The Balaban J connectivity index is 2.81. The molecule has 0 fully saturated rings. The van der Waals surface area contributed by atoms with Gasteiger partial charge in [0.2, 0.25) is 0 Å². The average molecular weight is 241 g/mol. The number of halogens is 1. The highest BCUT2D eigenvalue weighted by Crippen LogP contribution is 2.01. The molecule has 0 atom stereocenters. The summed E-state index contributed by atoms with van der Waals surface area (Å²) >= 11 is 0. The third-order valence-electron chi connectivity index (χ3n) is 2.11. The Labute approximate surface area is 99.0 Å². The van der Waals surface area contributed by atoms with Gasteiger partial charge in [-0.2, -0.15) is 0 Å². The molecular weight excluding hydrogens is 225 g/mol. The average Bonchev–Trinajstić information content (AvgIpc) is 2.26. The van der Waals surface area contributed by atoms with E-state index in [-0.39, 0.29) is 23.6 Å². The van der Waals surface area contributed by atoms with Crippen LogP contribution in [0.3, 0.4) is 0 Å². The number of aryl methyl sites for hydroxylation is 1. The van der Waals surface area contributed by atoms with E-state index < -0.39 is 12.6 Å². The Morgan fingerprint density at radius 1 is 1.53 bits per heavy atom. The van der Waals surface area contributed by atoms with Gasteiger partial charge in [-0.1, -0.05) is 0 Å². The van der Waals surface area contributed by atoms with Crippen LogP contribution in [0.15, 0.2) is 23.1 Å². The molecule has 4 nitrogen and oxygen atoms in total. The monoisotopic (exact) mass is 241 g/mol. The van der Waals surface area contributed by atoms with Crippen LogP contribution in [0.1, 0.15) is 30.6 Å². The molecule has 0 aliphatic rings. The van der Waals surface area contributed by atoms with Crippen molar-refractivity contribution in [1.82, 2.24) is 4.57 Å². The zero-order valence-electron chi connectivity index (χ0n) is 9.98. The smallest absolute Gasteiger partial charge is 0.338 e. The van der Waals surface area contributed by atoms with E-state index >= 15 is 0 Å². The lowest BCUT2D eigenvalue weighted by atomic mass is 10.2. The molecule has 1 aromatic rings. The summed E-state index contributed by atoms with van der Waals surface area (Å²) in [5.41, 5.74) is -0.100. The summed E-state index contributed by atoms with van der Waals surface area (Å²) in [6.45, 7) is 3.32. The fourth-order valence-electron chi connectivity index (χ4n) is 1.33. The summed E-state index contributed by atoms with van der Waals surface area (Å²) < 4.78 is 18.3. The molecule has 0 radical (unpaired) electrons. The summed E-state index contributed by atoms with van der Waals surface area (Å²) in [6.07, 6.45) is 1.54. The first kappa shape index (κ1) is 13.4. The number of carbonyl (C=O) groups excluding carboxylic acids is 1. The van der Waals surface area contributed by atoms with Crippen molar-refractivity contribution >= 4 is 5.97 Å². The summed E-state index contributed by atoms with van der Waals surface area (Å²) in [4.78, 5) is 23.1. The minimum absolute atomic E-state index is 0.222. The summed E-state index contributed by atoms with van der Waals surface area (Å²) in [6, 6.07) is 2.72. The molecule has 5 heteroatoms. The molecule has 0 aliphatic carbocycles. The van der Waals surface area contributed by atoms with Gasteiger partial charge < -0.3 is 9.30 Å². The fraction of sp³-hybridized carbons (Fsp3) is 0.500. The number of rotatable bonds is 5. The molecule has 0 unspecified atom stereocenters. The van der Waals surface area contributed by atoms with E-state index in [1.165, 1.54) is 22.9 Å². The van der Waals surface area contributed by atoms with Crippen molar-refractivity contribution in [2.24, 2.45) is 0 Å². The van der Waals surface area contributed by atoms with Crippen molar-refractivity contribution in [2.75, 3.05) is 6.67 Å². The highest BCUT2D eigenvalue weighted by molar-refractivity contribution is 5.89. The zero-order valence-corrected chi connectivity index (χ0v) is 9.98. The highest BCUT2D eigenvalue weighted by atomic mass is 19.1. The van der Waals surface area contributed by atoms with Crippen LogP contribution < -0.4 is 5.56 Å². The first-order valence-corrected chi connectivity index (χ1v) is 5.52. The SMILES string of the molecule is CC(C)OC(=O)c1ccn(CCCF)c(=O)c1. The maximum Gasteiger partial charge on any atom is 0.338 e. The van der Waals surface area contributed by atoms with Crippen LogP contribution in [-0.4, -0.2) is 23.3 Å². The van der Waals surface area contributed by atoms with E-state index in [9.17, 15) is 14.0 Å². The van der Waals surface area contributed by atoms with Gasteiger partial charge >= 0.3 is 5.97 Å². The molecule has 1 rings (SSSR count). The van der Waals surface area contributed by atoms with E-state index in [0.29, 0.717) is 6.54 Å². The van der Waals surface area contributed by atoms with Gasteiger partial charge in [0, 0.05) is 18.8 Å². The van der Waals surface area contributed by atoms with Crippen LogP contribution in [-0.2, 0) is 11.3 Å². The van der Waals surface area contributed by atoms with Crippen LogP contribution in [0, 0.1) is 0 Å². The van der Waals surface area contributed by atoms with Crippen molar-refractivity contribution in [3.8, 4) is 0 Å². The third kappa shape index (κ3) is 4.01. The summed E-state index contributed by atoms with van der Waals surface area (Å²) in [5.74, 6) is -0.519. The molecule has 0 amide bonds. The largest absolute Gasteiger partial charge is 0.459 e. The van der Waals surface area contributed by atoms with Crippen molar-refractivity contribution in [2.45, 2.75) is 32.9 Å². The second-order valence-corrected chi connectivity index (χ2v) is 3.94. The lowest BCUT2D eigenvalue weighted by Crippen LogP contribution is -2.22. The molecule has 1 aromatic heterocycles. The molecule has 0 saturated heterocycles. The molecule has 0 saturated carbocycles. The van der Waals surface area contributed by atoms with Gasteiger partial charge in [0.1, 0.15) is 0 Å². The number of carbonyl (C=O) groups is 1. The maximum atomic E-state index is 12.0. The Morgan fingerprint density at radius 3 is 2.76 bits per heavy atom. The van der Waals surface area contributed by atoms with Crippen molar-refractivity contribution in [3.63, 3.8) is 0 Å². The molecule has 0 aromatic carbocycles. The zero-order chi connectivity index (χ0) is 12.8. The van der Waals surface area contributed by atoms with Crippen molar-refractivity contribution in [3.05, 3.63) is 34.2 Å². The second-order valence-electron chi connectivity index (χ2n) is 3.94. The maximum absolute atomic E-state index is 12.0.